The number of amides is 1. The number of hydrogen-bond acceptors (Lipinski definition) is 5. The number of nitrogens with zero attached hydrogens (tertiary/aromatic N) is 4. The fourth-order valence-corrected chi connectivity index (χ4v) is 3.64. The van der Waals surface area contributed by atoms with Crippen molar-refractivity contribution in [3.63, 3.8) is 0 Å². The Bertz CT molecular complexity index is 622. The molecule has 3 rings (SSSR count). The van der Waals surface area contributed by atoms with E-state index in [0.717, 1.165) is 25.8 Å². The molecule has 2 atom stereocenters. The van der Waals surface area contributed by atoms with Crippen LogP contribution >= 0.6 is 11.3 Å². The van der Waals surface area contributed by atoms with E-state index < -0.39 is 0 Å². The molecule has 0 unspecified atom stereocenters. The Morgan fingerprint density at radius 1 is 1.55 bits per heavy atom. The van der Waals surface area contributed by atoms with Crippen LogP contribution in [0.4, 0.5) is 0 Å². The normalized spacial score (nSPS) is 20.1. The maximum atomic E-state index is 12.7. The second kappa shape index (κ2) is 6.58. The minimum Gasteiger partial charge on any atom is -0.333 e. The number of carbonyl (C=O) groups is 1. The average molecular weight is 319 g/mol. The maximum absolute atomic E-state index is 12.7. The van der Waals surface area contributed by atoms with Gasteiger partial charge in [-0.15, -0.1) is 16.4 Å². The Morgan fingerprint density at radius 2 is 2.41 bits per heavy atom. The van der Waals surface area contributed by atoms with E-state index in [1.54, 1.807) is 22.2 Å². The van der Waals surface area contributed by atoms with Gasteiger partial charge in [-0.25, -0.2) is 4.68 Å². The van der Waals surface area contributed by atoms with E-state index in [9.17, 15) is 4.79 Å². The van der Waals surface area contributed by atoms with Gasteiger partial charge in [0.15, 0.2) is 5.69 Å². The van der Waals surface area contributed by atoms with Gasteiger partial charge in [-0.3, -0.25) is 4.79 Å². The lowest BCUT2D eigenvalue weighted by atomic mass is 9.96. The molecule has 118 valence electrons. The van der Waals surface area contributed by atoms with Gasteiger partial charge in [0, 0.05) is 23.5 Å². The van der Waals surface area contributed by atoms with Crippen molar-refractivity contribution in [2.45, 2.75) is 44.8 Å². The third kappa shape index (κ3) is 3.20. The number of thiophene rings is 1. The lowest BCUT2D eigenvalue weighted by molar-refractivity contribution is 0.0577. The minimum absolute atomic E-state index is 0.0228. The lowest BCUT2D eigenvalue weighted by Crippen LogP contribution is -2.51. The van der Waals surface area contributed by atoms with Crippen LogP contribution in [0.5, 0.6) is 0 Å². The molecule has 0 saturated carbocycles. The molecule has 22 heavy (non-hydrogen) atoms. The van der Waals surface area contributed by atoms with E-state index in [0.29, 0.717) is 12.2 Å². The zero-order valence-electron chi connectivity index (χ0n) is 12.7. The molecule has 3 heterocycles. The molecule has 1 aliphatic heterocycles. The Kier molecular flexibility index (Phi) is 4.54. The summed E-state index contributed by atoms with van der Waals surface area (Å²) in [7, 11) is 0. The molecule has 1 fully saturated rings. The first-order valence-corrected chi connectivity index (χ1v) is 8.52. The molecule has 7 heteroatoms. The molecule has 6 nitrogen and oxygen atoms in total. The number of nitrogens with two attached hydrogens (primary N) is 1. The highest BCUT2D eigenvalue weighted by Crippen LogP contribution is 2.21. The molecule has 0 aliphatic carbocycles. The quantitative estimate of drug-likeness (QED) is 0.931. The fraction of sp³-hybridized carbons (Fsp3) is 0.533. The molecular weight excluding hydrogens is 298 g/mol. The van der Waals surface area contributed by atoms with Crippen molar-refractivity contribution in [1.82, 2.24) is 19.9 Å². The van der Waals surface area contributed by atoms with Gasteiger partial charge in [-0.05, 0) is 37.6 Å². The average Bonchev–Trinajstić information content (AvgIpc) is 3.19. The summed E-state index contributed by atoms with van der Waals surface area (Å²) in [5.74, 6) is -0.0561. The van der Waals surface area contributed by atoms with Gasteiger partial charge in [-0.1, -0.05) is 11.3 Å². The van der Waals surface area contributed by atoms with Crippen LogP contribution in [0, 0.1) is 0 Å². The Morgan fingerprint density at radius 3 is 3.14 bits per heavy atom. The van der Waals surface area contributed by atoms with Crippen molar-refractivity contribution in [2.75, 3.05) is 6.54 Å². The highest BCUT2D eigenvalue weighted by Gasteiger charge is 2.31. The summed E-state index contributed by atoms with van der Waals surface area (Å²) in [6.07, 6.45) is 4.85. The van der Waals surface area contributed by atoms with Crippen LogP contribution < -0.4 is 5.73 Å². The van der Waals surface area contributed by atoms with Crippen LogP contribution in [0.3, 0.4) is 0 Å². The predicted molar refractivity (Wildman–Crippen MR) is 85.8 cm³/mol. The first-order chi connectivity index (χ1) is 10.6. The van der Waals surface area contributed by atoms with Crippen LogP contribution in [0.1, 0.15) is 41.6 Å². The summed E-state index contributed by atoms with van der Waals surface area (Å²) >= 11 is 1.67. The number of piperidine rings is 1. The van der Waals surface area contributed by atoms with Crippen molar-refractivity contribution in [1.29, 1.82) is 0 Å². The Labute approximate surface area is 133 Å². The first kappa shape index (κ1) is 15.2. The highest BCUT2D eigenvalue weighted by molar-refractivity contribution is 7.09. The predicted octanol–water partition coefficient (Wildman–Crippen LogP) is 1.73. The van der Waals surface area contributed by atoms with Gasteiger partial charge in [0.25, 0.3) is 5.91 Å². The topological polar surface area (TPSA) is 77.0 Å². The molecule has 1 aliphatic rings. The van der Waals surface area contributed by atoms with Crippen molar-refractivity contribution in [3.8, 4) is 0 Å². The third-order valence-corrected chi connectivity index (χ3v) is 4.93. The summed E-state index contributed by atoms with van der Waals surface area (Å²) in [6.45, 7) is 3.36. The zero-order chi connectivity index (χ0) is 15.5. The van der Waals surface area contributed by atoms with E-state index in [4.69, 9.17) is 5.73 Å². The summed E-state index contributed by atoms with van der Waals surface area (Å²) in [5, 5.41) is 10.1. The number of aromatic nitrogens is 3. The minimum atomic E-state index is -0.0561. The van der Waals surface area contributed by atoms with Gasteiger partial charge in [0.1, 0.15) is 0 Å². The second-order valence-electron chi connectivity index (χ2n) is 5.80. The number of carbonyl (C=O) groups excluding carboxylic acids is 1. The zero-order valence-corrected chi connectivity index (χ0v) is 13.5. The smallest absolute Gasteiger partial charge is 0.276 e. The maximum Gasteiger partial charge on any atom is 0.276 e. The lowest BCUT2D eigenvalue weighted by Gasteiger charge is -2.37. The Hall–Kier alpha value is -1.73. The fourth-order valence-electron chi connectivity index (χ4n) is 2.94. The van der Waals surface area contributed by atoms with E-state index >= 15 is 0 Å². The molecule has 0 spiro atoms. The summed E-state index contributed by atoms with van der Waals surface area (Å²) in [4.78, 5) is 15.7. The monoisotopic (exact) mass is 319 g/mol. The highest BCUT2D eigenvalue weighted by atomic mass is 32.1. The summed E-state index contributed by atoms with van der Waals surface area (Å²) in [6, 6.07) is 4.13. The molecule has 2 aromatic rings. The molecule has 2 N–H and O–H groups in total. The van der Waals surface area contributed by atoms with E-state index in [2.05, 4.69) is 10.3 Å². The molecular formula is C15H21N5OS. The third-order valence-electron chi connectivity index (χ3n) is 4.07. The largest absolute Gasteiger partial charge is 0.333 e. The van der Waals surface area contributed by atoms with Gasteiger partial charge in [-0.2, -0.15) is 0 Å². The van der Waals surface area contributed by atoms with Crippen LogP contribution in [0.25, 0.3) is 0 Å². The Balaban J connectivity index is 1.73. The van der Waals surface area contributed by atoms with Gasteiger partial charge in [0.2, 0.25) is 0 Å². The molecule has 0 radical (unpaired) electrons. The van der Waals surface area contributed by atoms with Gasteiger partial charge < -0.3 is 10.6 Å². The molecule has 1 amide bonds. The summed E-state index contributed by atoms with van der Waals surface area (Å²) < 4.78 is 1.71. The van der Waals surface area contributed by atoms with Crippen LogP contribution in [0.2, 0.25) is 0 Å². The van der Waals surface area contributed by atoms with Crippen molar-refractivity contribution in [2.24, 2.45) is 5.73 Å². The number of hydrogen-bond donors (Lipinski definition) is 1. The SMILES string of the molecule is C[C@@H](N)[C@@H]1CCCCN1C(=O)c1cn(Cc2cccs2)nn1. The number of rotatable bonds is 4. The first-order valence-electron chi connectivity index (χ1n) is 7.64. The van der Waals surface area contributed by atoms with Crippen molar-refractivity contribution >= 4 is 17.2 Å². The van der Waals surface area contributed by atoms with Crippen LogP contribution in [-0.2, 0) is 6.54 Å². The molecule has 0 aromatic carbocycles. The van der Waals surface area contributed by atoms with Crippen molar-refractivity contribution < 1.29 is 4.79 Å². The molecule has 0 bridgehead atoms. The van der Waals surface area contributed by atoms with E-state index in [1.807, 2.05) is 29.3 Å². The molecule has 1 saturated heterocycles. The van der Waals surface area contributed by atoms with Crippen molar-refractivity contribution in [3.05, 3.63) is 34.3 Å². The van der Waals surface area contributed by atoms with E-state index in [1.165, 1.54) is 4.88 Å². The van der Waals surface area contributed by atoms with Crippen LogP contribution in [-0.4, -0.2) is 44.4 Å². The van der Waals surface area contributed by atoms with Gasteiger partial charge >= 0.3 is 0 Å². The van der Waals surface area contributed by atoms with Crippen LogP contribution in [0.15, 0.2) is 23.7 Å². The second-order valence-corrected chi connectivity index (χ2v) is 6.83. The van der Waals surface area contributed by atoms with E-state index in [-0.39, 0.29) is 18.0 Å². The summed E-state index contributed by atoms with van der Waals surface area (Å²) in [5.41, 5.74) is 6.44. The van der Waals surface area contributed by atoms with Gasteiger partial charge in [0.05, 0.1) is 12.7 Å². The molecule has 2 aromatic heterocycles. The number of likely N-dealkylation sites (tertiary alicyclic amines) is 1. The standard InChI is InChI=1S/C15H21N5OS/c1-11(16)14-6-2-3-7-20(14)15(21)13-10-19(18-17-13)9-12-5-4-8-22-12/h4-5,8,10-11,14H,2-3,6-7,9,16H2,1H3/t11-,14+/m1/s1.